The van der Waals surface area contributed by atoms with Crippen LogP contribution in [0.25, 0.3) is 0 Å². The predicted octanol–water partition coefficient (Wildman–Crippen LogP) is 2.87. The fourth-order valence-corrected chi connectivity index (χ4v) is 7.41. The maximum absolute atomic E-state index is 13.8. The zero-order valence-electron chi connectivity index (χ0n) is 22.0. The Morgan fingerprint density at radius 2 is 2.05 bits per heavy atom. The van der Waals surface area contributed by atoms with Gasteiger partial charge in [-0.25, -0.2) is 0 Å². The molecule has 2 aromatic carbocycles. The van der Waals surface area contributed by atoms with Gasteiger partial charge in [-0.2, -0.15) is 0 Å². The highest BCUT2D eigenvalue weighted by atomic mass is 16.5. The average molecular weight is 513 g/mol. The minimum atomic E-state index is -1.40. The Morgan fingerprint density at radius 1 is 1.26 bits per heavy atom. The van der Waals surface area contributed by atoms with E-state index in [4.69, 9.17) is 4.74 Å². The lowest BCUT2D eigenvalue weighted by molar-refractivity contribution is -0.185. The van der Waals surface area contributed by atoms with Crippen LogP contribution in [0.2, 0.25) is 0 Å². The maximum Gasteiger partial charge on any atom is 0.298 e. The lowest BCUT2D eigenvalue weighted by atomic mass is 9.48. The Balaban J connectivity index is 1.41. The summed E-state index contributed by atoms with van der Waals surface area (Å²) in [6.07, 6.45) is 2.41. The number of ether oxygens (including phenoxy) is 1. The van der Waals surface area contributed by atoms with Crippen LogP contribution in [0.4, 0.5) is 0 Å². The summed E-state index contributed by atoms with van der Waals surface area (Å²) in [5.74, 6) is 5.47. The highest BCUT2D eigenvalue weighted by Crippen LogP contribution is 2.65. The third kappa shape index (κ3) is 3.11. The third-order valence-electron chi connectivity index (χ3n) is 9.38. The molecule has 7 nitrogen and oxygen atoms in total. The van der Waals surface area contributed by atoms with E-state index in [1.807, 2.05) is 36.9 Å². The number of amides is 1. The number of likely N-dealkylation sites (N-methyl/N-ethyl adjacent to an activating group) is 1. The first-order valence-corrected chi connectivity index (χ1v) is 13.1. The van der Waals surface area contributed by atoms with Crippen LogP contribution in [0.15, 0.2) is 43.0 Å². The van der Waals surface area contributed by atoms with E-state index >= 15 is 0 Å². The second-order valence-electron chi connectivity index (χ2n) is 11.1. The summed E-state index contributed by atoms with van der Waals surface area (Å²) in [4.78, 5) is 30.7. The van der Waals surface area contributed by atoms with Crippen molar-refractivity contribution in [3.63, 3.8) is 0 Å². The van der Waals surface area contributed by atoms with Crippen LogP contribution in [0.3, 0.4) is 0 Å². The Morgan fingerprint density at radius 3 is 2.79 bits per heavy atom. The quantitative estimate of drug-likeness (QED) is 0.486. The number of aryl methyl sites for hydroxylation is 2. The SMILES string of the molecule is C=CCN1CC[C@]23c4c5ccc(O)c4O[C@H]2[C@@H](N(C)C(=O)C#Cc2ccc(C)c(C)c2)CC[C@@]3(O)[C@H]1C5=O. The molecular formula is C31H32N2O5. The van der Waals surface area contributed by atoms with Crippen molar-refractivity contribution in [3.05, 3.63) is 70.8 Å². The van der Waals surface area contributed by atoms with E-state index < -0.39 is 29.2 Å². The number of benzene rings is 2. The van der Waals surface area contributed by atoms with Crippen molar-refractivity contribution >= 4 is 11.7 Å². The molecule has 0 aromatic heterocycles. The van der Waals surface area contributed by atoms with Crippen LogP contribution in [0, 0.1) is 25.7 Å². The molecule has 2 aliphatic carbocycles. The van der Waals surface area contributed by atoms with Gasteiger partial charge in [0.15, 0.2) is 17.3 Å². The summed E-state index contributed by atoms with van der Waals surface area (Å²) in [5, 5.41) is 23.2. The zero-order valence-corrected chi connectivity index (χ0v) is 22.0. The van der Waals surface area contributed by atoms with Crippen LogP contribution < -0.4 is 4.74 Å². The van der Waals surface area contributed by atoms with Crippen LogP contribution >= 0.6 is 0 Å². The smallest absolute Gasteiger partial charge is 0.298 e. The highest BCUT2D eigenvalue weighted by molar-refractivity contribution is 6.06. The van der Waals surface area contributed by atoms with Crippen LogP contribution in [0.5, 0.6) is 11.5 Å². The summed E-state index contributed by atoms with van der Waals surface area (Å²) in [7, 11) is 1.72. The molecule has 2 aromatic rings. The lowest BCUT2D eigenvalue weighted by Gasteiger charge is -2.63. The molecule has 7 heteroatoms. The van der Waals surface area contributed by atoms with Crippen molar-refractivity contribution in [3.8, 4) is 23.3 Å². The number of likely N-dealkylation sites (tertiary alicyclic amines) is 1. The largest absolute Gasteiger partial charge is 0.504 e. The summed E-state index contributed by atoms with van der Waals surface area (Å²) in [6, 6.07) is 7.85. The van der Waals surface area contributed by atoms with Crippen molar-refractivity contribution in [1.29, 1.82) is 0 Å². The Labute approximate surface area is 222 Å². The number of piperidine rings is 1. The Kier molecular flexibility index (Phi) is 5.50. The van der Waals surface area contributed by atoms with Gasteiger partial charge in [0.2, 0.25) is 0 Å². The molecule has 5 atom stereocenters. The maximum atomic E-state index is 13.8. The van der Waals surface area contributed by atoms with E-state index in [2.05, 4.69) is 18.4 Å². The van der Waals surface area contributed by atoms with E-state index in [9.17, 15) is 19.8 Å². The van der Waals surface area contributed by atoms with Gasteiger partial charge in [0.05, 0.1) is 11.5 Å². The molecule has 1 saturated heterocycles. The van der Waals surface area contributed by atoms with Gasteiger partial charge in [0.1, 0.15) is 17.7 Å². The fourth-order valence-electron chi connectivity index (χ4n) is 7.41. The van der Waals surface area contributed by atoms with Gasteiger partial charge in [-0.15, -0.1) is 6.58 Å². The van der Waals surface area contributed by atoms with Crippen molar-refractivity contribution in [2.45, 2.75) is 62.3 Å². The molecule has 0 radical (unpaired) electrons. The summed E-state index contributed by atoms with van der Waals surface area (Å²) in [5.41, 5.74) is 1.80. The van der Waals surface area contributed by atoms with E-state index in [0.29, 0.717) is 43.5 Å². The number of phenolic OH excluding ortho intramolecular Hbond substituents is 1. The summed E-state index contributed by atoms with van der Waals surface area (Å²) < 4.78 is 6.45. The number of rotatable bonds is 3. The van der Waals surface area contributed by atoms with E-state index in [1.165, 1.54) is 6.07 Å². The van der Waals surface area contributed by atoms with Gasteiger partial charge in [-0.3, -0.25) is 14.5 Å². The topological polar surface area (TPSA) is 90.3 Å². The van der Waals surface area contributed by atoms with E-state index in [-0.39, 0.29) is 23.2 Å². The molecular weight excluding hydrogens is 480 g/mol. The number of carbonyl (C=O) groups is 2. The Bertz CT molecular complexity index is 1450. The molecule has 2 aliphatic heterocycles. The zero-order chi connectivity index (χ0) is 27.0. The molecule has 2 fully saturated rings. The summed E-state index contributed by atoms with van der Waals surface area (Å²) in [6.45, 7) is 8.94. The number of phenols is 1. The lowest BCUT2D eigenvalue weighted by Crippen LogP contribution is -2.79. The second-order valence-corrected chi connectivity index (χ2v) is 11.1. The number of aromatic hydroxyl groups is 1. The van der Waals surface area contributed by atoms with Crippen molar-refractivity contribution in [1.82, 2.24) is 9.80 Å². The molecule has 1 saturated carbocycles. The first-order valence-electron chi connectivity index (χ1n) is 13.1. The van der Waals surface area contributed by atoms with Crippen LogP contribution in [-0.4, -0.2) is 75.6 Å². The molecule has 0 unspecified atom stereocenters. The number of ketones is 1. The molecule has 196 valence electrons. The van der Waals surface area contributed by atoms with Crippen molar-refractivity contribution in [2.24, 2.45) is 0 Å². The van der Waals surface area contributed by atoms with Gasteiger partial charge in [-0.05, 0) is 68.5 Å². The standard InChI is InChI=1S/C31H32N2O5/c1-5-15-33-16-14-30-25-21-9-10-23(34)27(25)38-29(30)22(12-13-31(30,37)28(33)26(21)36)32(4)24(35)11-8-20-7-6-18(2)19(3)17-20/h5-7,9-10,17,22,28-29,34,37H,1,12-16H2,2-4H3/t22-,28+,29-,30-,31+/m0/s1. The molecule has 1 amide bonds. The molecule has 2 heterocycles. The molecule has 1 spiro atoms. The van der Waals surface area contributed by atoms with Crippen molar-refractivity contribution < 1.29 is 24.5 Å². The summed E-state index contributed by atoms with van der Waals surface area (Å²) >= 11 is 0. The minimum Gasteiger partial charge on any atom is -0.504 e. The monoisotopic (exact) mass is 512 g/mol. The van der Waals surface area contributed by atoms with Crippen molar-refractivity contribution in [2.75, 3.05) is 20.1 Å². The first-order chi connectivity index (χ1) is 18.1. The molecule has 2 bridgehead atoms. The van der Waals surface area contributed by atoms with Crippen LogP contribution in [-0.2, 0) is 10.2 Å². The number of nitrogens with zero attached hydrogens (tertiary/aromatic N) is 2. The first kappa shape index (κ1) is 24.7. The molecule has 2 N–H and O–H groups in total. The number of hydrogen-bond acceptors (Lipinski definition) is 6. The number of aliphatic hydroxyl groups is 1. The van der Waals surface area contributed by atoms with Gasteiger partial charge in [0, 0.05) is 42.7 Å². The van der Waals surface area contributed by atoms with Gasteiger partial charge >= 0.3 is 0 Å². The van der Waals surface area contributed by atoms with Gasteiger partial charge in [-0.1, -0.05) is 18.1 Å². The fraction of sp³-hybridized carbons (Fsp3) is 0.419. The highest BCUT2D eigenvalue weighted by Gasteiger charge is 2.75. The Hall–Kier alpha value is -3.60. The average Bonchev–Trinajstić information content (AvgIpc) is 3.24. The molecule has 4 aliphatic rings. The van der Waals surface area contributed by atoms with E-state index in [0.717, 1.165) is 16.7 Å². The number of carbonyl (C=O) groups excluding carboxylic acids is 2. The molecule has 38 heavy (non-hydrogen) atoms. The third-order valence-corrected chi connectivity index (χ3v) is 9.38. The van der Waals surface area contributed by atoms with E-state index in [1.54, 1.807) is 24.1 Å². The van der Waals surface area contributed by atoms with Gasteiger partial charge in [0.25, 0.3) is 5.91 Å². The predicted molar refractivity (Wildman–Crippen MR) is 142 cm³/mol. The number of hydrogen-bond donors (Lipinski definition) is 2. The second kappa shape index (κ2) is 8.45. The molecule has 6 rings (SSSR count). The minimum absolute atomic E-state index is 0.0584. The van der Waals surface area contributed by atoms with Gasteiger partial charge < -0.3 is 19.8 Å². The normalized spacial score (nSPS) is 30.5. The van der Waals surface area contributed by atoms with Crippen LogP contribution in [0.1, 0.15) is 51.9 Å². The number of Topliss-reactive ketones (excluding diaryl/α,β-unsaturated/α-hetero) is 1.